The molecule has 0 amide bonds. The van der Waals surface area contributed by atoms with Crippen molar-refractivity contribution in [2.75, 3.05) is 0 Å². The fourth-order valence-electron chi connectivity index (χ4n) is 15.0. The normalized spacial score (nSPS) is 16.2. The van der Waals surface area contributed by atoms with Gasteiger partial charge in [-0.15, -0.1) is 0 Å². The number of hydrogen-bond acceptors (Lipinski definition) is 2. The van der Waals surface area contributed by atoms with Gasteiger partial charge in [0.2, 0.25) is 0 Å². The lowest BCUT2D eigenvalue weighted by Crippen LogP contribution is -2.31. The highest BCUT2D eigenvalue weighted by Gasteiger charge is 2.43. The monoisotopic (exact) mass is 1100 g/mol. The minimum atomic E-state index is -0.966. The molecule has 0 radical (unpaired) electrons. The first kappa shape index (κ1) is 50.3. The standard InChI is InChI=1S/C80H54N6/c1-50-26-25-38-57-52(3)74-62-36-16-23-43-70(62)86(73(74)47-46-56(50)57)77-65(49-82)64(48-81)76(78(83-66-39-19-12-32-58(66)59-33-13-20-40-67(59)83)79(77)84-68-41-21-14-34-60(68)61-35-15-22-42-69(61)84)85-71-44-24-17-37-63(71)75-53(4)80(54-28-7-5-8-29-54,55-30-9-6-10-31-55)51(2)27-11-18-45-72(75)85/h5-37,39-47,52H,1-2,4,38H2,3H3/b27-11-,45-18-/t52-/m1/s1. The third-order valence-electron chi connectivity index (χ3n) is 18.6. The lowest BCUT2D eigenvalue weighted by molar-refractivity contribution is 0.805. The van der Waals surface area contributed by atoms with Gasteiger partial charge < -0.3 is 18.3 Å². The zero-order valence-corrected chi connectivity index (χ0v) is 47.3. The number of aromatic nitrogens is 4. The van der Waals surface area contributed by atoms with Crippen molar-refractivity contribution in [2.24, 2.45) is 0 Å². The van der Waals surface area contributed by atoms with E-state index in [4.69, 9.17) is 13.2 Å². The molecule has 0 fully saturated rings. The van der Waals surface area contributed by atoms with E-state index in [-0.39, 0.29) is 17.0 Å². The van der Waals surface area contributed by atoms with Crippen LogP contribution in [0.15, 0.2) is 285 Å². The van der Waals surface area contributed by atoms with Crippen molar-refractivity contribution in [1.29, 1.82) is 10.5 Å². The van der Waals surface area contributed by atoms with Crippen LogP contribution in [0.1, 0.15) is 64.0 Å². The van der Waals surface area contributed by atoms with E-state index in [0.29, 0.717) is 17.1 Å². The Balaban J connectivity index is 1.18. The fraction of sp³-hybridized carbons (Fsp3) is 0.0500. The summed E-state index contributed by atoms with van der Waals surface area (Å²) in [4.78, 5) is 0. The average Bonchev–Trinajstić information content (AvgIpc) is 1.53. The summed E-state index contributed by atoms with van der Waals surface area (Å²) < 4.78 is 9.32. The Morgan fingerprint density at radius 3 is 1.31 bits per heavy atom. The molecule has 16 rings (SSSR count). The molecular weight excluding hydrogens is 1040 g/mol. The van der Waals surface area contributed by atoms with Crippen LogP contribution >= 0.6 is 0 Å². The first-order valence-corrected chi connectivity index (χ1v) is 29.3. The third kappa shape index (κ3) is 6.87. The van der Waals surface area contributed by atoms with Gasteiger partial charge in [0, 0.05) is 43.8 Å². The molecule has 6 heteroatoms. The molecule has 6 nitrogen and oxygen atoms in total. The second-order valence-electron chi connectivity index (χ2n) is 22.7. The largest absolute Gasteiger partial charge is 0.306 e. The molecule has 404 valence electrons. The van der Waals surface area contributed by atoms with Gasteiger partial charge >= 0.3 is 0 Å². The maximum absolute atomic E-state index is 12.7. The minimum absolute atomic E-state index is 0.0321. The number of hydrogen-bond donors (Lipinski definition) is 0. The van der Waals surface area contributed by atoms with Crippen LogP contribution in [0.5, 0.6) is 0 Å². The molecular formula is C80H54N6. The third-order valence-corrected chi connectivity index (χ3v) is 18.6. The summed E-state index contributed by atoms with van der Waals surface area (Å²) >= 11 is 0. The fourth-order valence-corrected chi connectivity index (χ4v) is 15.0. The van der Waals surface area contributed by atoms with Crippen LogP contribution < -0.4 is 0 Å². The summed E-state index contributed by atoms with van der Waals surface area (Å²) in [6.07, 6.45) is 18.0. The molecule has 0 aliphatic heterocycles. The summed E-state index contributed by atoms with van der Waals surface area (Å²) in [5, 5.41) is 31.6. The SMILES string of the molecule is C=C1C=CCC2=C1C=Cc1c(c3ccccc3n1-c1c(C#N)c(C#N)c(-n3c4c(c5ccccc53)C(=C)C(c3ccccc3)(c3ccccc3)C(=C)/C=C\C=C/4)c(-n3c4ccccc4c4ccccc43)c1-n1c3ccccc3c3ccccc31)[C@@H]2C. The van der Waals surface area contributed by atoms with Crippen molar-refractivity contribution in [3.63, 3.8) is 0 Å². The molecule has 0 saturated heterocycles. The molecule has 4 aromatic heterocycles. The molecule has 3 aliphatic rings. The molecule has 0 bridgehead atoms. The molecule has 0 saturated carbocycles. The van der Waals surface area contributed by atoms with Crippen LogP contribution in [0.2, 0.25) is 0 Å². The van der Waals surface area contributed by atoms with Gasteiger partial charge in [0.1, 0.15) is 12.1 Å². The van der Waals surface area contributed by atoms with Crippen LogP contribution in [0.4, 0.5) is 0 Å². The number of nitriles is 2. The zero-order valence-electron chi connectivity index (χ0n) is 47.3. The first-order chi connectivity index (χ1) is 42.3. The van der Waals surface area contributed by atoms with Crippen molar-refractivity contribution in [3.05, 3.63) is 330 Å². The van der Waals surface area contributed by atoms with E-state index in [2.05, 4.69) is 287 Å². The number of allylic oxidation sites excluding steroid dienone is 11. The molecule has 3 aliphatic carbocycles. The topological polar surface area (TPSA) is 67.3 Å². The molecule has 0 unspecified atom stereocenters. The van der Waals surface area contributed by atoms with Gasteiger partial charge in [0.15, 0.2) is 0 Å². The molecule has 0 N–H and O–H groups in total. The summed E-state index contributed by atoms with van der Waals surface area (Å²) in [5.74, 6) is -0.0321. The Hall–Kier alpha value is -11.4. The van der Waals surface area contributed by atoms with Gasteiger partial charge in [-0.2, -0.15) is 10.5 Å². The Labute approximate surface area is 498 Å². The number of fused-ring (bicyclic) bond motifs is 12. The highest BCUT2D eigenvalue weighted by atomic mass is 15.1. The predicted molar refractivity (Wildman–Crippen MR) is 356 cm³/mol. The van der Waals surface area contributed by atoms with E-state index in [1.165, 1.54) is 5.57 Å². The van der Waals surface area contributed by atoms with Crippen LogP contribution in [0, 0.1) is 22.7 Å². The average molecular weight is 1100 g/mol. The number of para-hydroxylation sites is 6. The number of benzene rings is 9. The van der Waals surface area contributed by atoms with Crippen LogP contribution in [-0.4, -0.2) is 18.3 Å². The lowest BCUT2D eigenvalue weighted by atomic mass is 9.63. The van der Waals surface area contributed by atoms with Crippen LogP contribution in [-0.2, 0) is 5.41 Å². The molecule has 4 heterocycles. The number of rotatable bonds is 6. The Bertz CT molecular complexity index is 5260. The molecule has 86 heavy (non-hydrogen) atoms. The van der Waals surface area contributed by atoms with Gasteiger partial charge in [-0.05, 0) is 94.0 Å². The Morgan fingerprint density at radius 1 is 0.419 bits per heavy atom. The minimum Gasteiger partial charge on any atom is -0.306 e. The van der Waals surface area contributed by atoms with E-state index in [0.717, 1.165) is 133 Å². The van der Waals surface area contributed by atoms with Crippen molar-refractivity contribution >= 4 is 83.1 Å². The summed E-state index contributed by atoms with van der Waals surface area (Å²) in [6, 6.07) is 78.1. The van der Waals surface area contributed by atoms with Crippen molar-refractivity contribution in [2.45, 2.75) is 24.7 Å². The van der Waals surface area contributed by atoms with Gasteiger partial charge in [-0.3, -0.25) is 0 Å². The lowest BCUT2D eigenvalue weighted by Gasteiger charge is -2.38. The van der Waals surface area contributed by atoms with E-state index >= 15 is 0 Å². The van der Waals surface area contributed by atoms with Crippen LogP contribution in [0.3, 0.4) is 0 Å². The smallest absolute Gasteiger partial charge is 0.103 e. The van der Waals surface area contributed by atoms with Crippen molar-refractivity contribution in [1.82, 2.24) is 18.3 Å². The molecule has 9 aromatic carbocycles. The summed E-state index contributed by atoms with van der Waals surface area (Å²) in [6.45, 7) is 17.0. The van der Waals surface area contributed by atoms with Gasteiger partial charge in [-0.1, -0.05) is 239 Å². The summed E-state index contributed by atoms with van der Waals surface area (Å²) in [7, 11) is 0. The maximum atomic E-state index is 12.7. The zero-order chi connectivity index (χ0) is 57.9. The molecule has 13 aromatic rings. The second kappa shape index (κ2) is 19.3. The quantitative estimate of drug-likeness (QED) is 0.166. The molecule has 1 atom stereocenters. The van der Waals surface area contributed by atoms with Gasteiger partial charge in [0.25, 0.3) is 0 Å². The van der Waals surface area contributed by atoms with E-state index in [1.54, 1.807) is 0 Å². The second-order valence-corrected chi connectivity index (χ2v) is 22.7. The summed E-state index contributed by atoms with van der Waals surface area (Å²) in [5.41, 5.74) is 18.4. The van der Waals surface area contributed by atoms with E-state index in [1.807, 2.05) is 12.1 Å². The van der Waals surface area contributed by atoms with E-state index in [9.17, 15) is 10.5 Å². The Kier molecular flexibility index (Phi) is 11.3. The van der Waals surface area contributed by atoms with E-state index < -0.39 is 5.41 Å². The van der Waals surface area contributed by atoms with Crippen molar-refractivity contribution < 1.29 is 0 Å². The highest BCUT2D eigenvalue weighted by molar-refractivity contribution is 6.14. The predicted octanol–water partition coefficient (Wildman–Crippen LogP) is 19.6. The maximum Gasteiger partial charge on any atom is 0.103 e. The number of nitrogens with zero attached hydrogens (tertiary/aromatic N) is 6. The first-order valence-electron chi connectivity index (χ1n) is 29.3. The Morgan fingerprint density at radius 2 is 0.826 bits per heavy atom. The van der Waals surface area contributed by atoms with Gasteiger partial charge in [-0.25, -0.2) is 0 Å². The van der Waals surface area contributed by atoms with Crippen molar-refractivity contribution in [3.8, 4) is 34.9 Å². The highest BCUT2D eigenvalue weighted by Crippen LogP contribution is 2.55. The van der Waals surface area contributed by atoms with Crippen LogP contribution in [0.25, 0.3) is 106 Å². The molecule has 0 spiro atoms. The van der Waals surface area contributed by atoms with Gasteiger partial charge in [0.05, 0.1) is 83.8 Å².